The highest BCUT2D eigenvalue weighted by atomic mass is 35.5. The monoisotopic (exact) mass is 564 g/mol. The van der Waals surface area contributed by atoms with Crippen LogP contribution in [0.3, 0.4) is 0 Å². The number of Topliss-reactive ketones (excluding diaryl/α,β-unsaturated/α-hetero) is 1. The number of phenolic OH excluding ortho intramolecular Hbond substituents is 1. The number of aromatic nitrogens is 4. The third kappa shape index (κ3) is 5.46. The van der Waals surface area contributed by atoms with E-state index in [0.717, 1.165) is 31.7 Å². The van der Waals surface area contributed by atoms with Gasteiger partial charge in [-0.15, -0.1) is 5.10 Å². The van der Waals surface area contributed by atoms with Gasteiger partial charge in [0.25, 0.3) is 5.78 Å². The first kappa shape index (κ1) is 27.4. The number of hydrogen-bond acceptors (Lipinski definition) is 7. The lowest BCUT2D eigenvalue weighted by molar-refractivity contribution is -0.186. The van der Waals surface area contributed by atoms with Gasteiger partial charge in [0.15, 0.2) is 11.6 Å². The standard InChI is InChI=1S/C27H28ClF3N4O4/c1-2-15-9-16(20(11-21(15)36)27(29,30)31)7-8-26(17-5-3-4-6-17)12-22(37)19(24(38)39-26)10-23-33-25-32-13-18(28)14-35(25)34-23/h9,11,13-14,17,19,36H,2-8,10,12H2,1H3. The maximum atomic E-state index is 13.8. The van der Waals surface area contributed by atoms with Crippen LogP contribution in [0, 0.1) is 11.8 Å². The van der Waals surface area contributed by atoms with E-state index < -0.39 is 35.0 Å². The van der Waals surface area contributed by atoms with Crippen LogP contribution in [-0.4, -0.2) is 42.0 Å². The Morgan fingerprint density at radius 1 is 1.21 bits per heavy atom. The zero-order valence-electron chi connectivity index (χ0n) is 21.3. The highest BCUT2D eigenvalue weighted by Crippen LogP contribution is 2.46. The normalized spacial score (nSPS) is 22.5. The Labute approximate surface area is 227 Å². The van der Waals surface area contributed by atoms with E-state index in [1.54, 1.807) is 6.92 Å². The maximum Gasteiger partial charge on any atom is 0.416 e. The number of rotatable bonds is 7. The lowest BCUT2D eigenvalue weighted by atomic mass is 9.73. The van der Waals surface area contributed by atoms with Crippen molar-refractivity contribution in [3.05, 3.63) is 52.1 Å². The molecule has 3 heterocycles. The minimum Gasteiger partial charge on any atom is -0.508 e. The van der Waals surface area contributed by atoms with E-state index in [0.29, 0.717) is 17.0 Å². The average Bonchev–Trinajstić information content (AvgIpc) is 3.55. The van der Waals surface area contributed by atoms with E-state index in [1.807, 2.05) is 0 Å². The first-order chi connectivity index (χ1) is 18.5. The number of phenols is 1. The molecule has 1 saturated heterocycles. The minimum atomic E-state index is -4.66. The number of carbonyl (C=O) groups is 2. The molecule has 1 saturated carbocycles. The SMILES string of the molecule is CCc1cc(CCC2(C3CCCC3)CC(=O)C(Cc3nc4ncc(Cl)cn4n3)C(=O)O2)c(C(F)(F)F)cc1O. The maximum absolute atomic E-state index is 13.8. The number of ether oxygens (including phenoxy) is 1. The Bertz CT molecular complexity index is 1400. The van der Waals surface area contributed by atoms with Gasteiger partial charge in [-0.2, -0.15) is 18.2 Å². The van der Waals surface area contributed by atoms with Crippen molar-refractivity contribution in [3.63, 3.8) is 0 Å². The van der Waals surface area contributed by atoms with Crippen LogP contribution in [0.15, 0.2) is 24.5 Å². The highest BCUT2D eigenvalue weighted by Gasteiger charge is 2.52. The number of hydrogen-bond donors (Lipinski definition) is 1. The van der Waals surface area contributed by atoms with E-state index in [4.69, 9.17) is 16.3 Å². The van der Waals surface area contributed by atoms with Crippen LogP contribution < -0.4 is 0 Å². The second-order valence-corrected chi connectivity index (χ2v) is 10.8. The van der Waals surface area contributed by atoms with Crippen LogP contribution in [-0.2, 0) is 39.8 Å². The number of benzene rings is 1. The number of cyclic esters (lactones) is 1. The Hall–Kier alpha value is -3.21. The fourth-order valence-corrected chi connectivity index (χ4v) is 6.07. The van der Waals surface area contributed by atoms with Crippen molar-refractivity contribution in [2.24, 2.45) is 11.8 Å². The molecule has 12 heteroatoms. The largest absolute Gasteiger partial charge is 0.508 e. The van der Waals surface area contributed by atoms with Gasteiger partial charge in [0.1, 0.15) is 17.3 Å². The molecule has 2 aliphatic rings. The third-order valence-electron chi connectivity index (χ3n) is 7.95. The molecule has 39 heavy (non-hydrogen) atoms. The summed E-state index contributed by atoms with van der Waals surface area (Å²) in [7, 11) is 0. The predicted octanol–water partition coefficient (Wildman–Crippen LogP) is 5.30. The molecule has 2 aromatic heterocycles. The Kier molecular flexibility index (Phi) is 7.30. The van der Waals surface area contributed by atoms with Gasteiger partial charge >= 0.3 is 12.1 Å². The first-order valence-corrected chi connectivity index (χ1v) is 13.4. The summed E-state index contributed by atoms with van der Waals surface area (Å²) in [5, 5.41) is 14.7. The lowest BCUT2D eigenvalue weighted by Crippen LogP contribution is -2.52. The molecule has 0 bridgehead atoms. The van der Waals surface area contributed by atoms with E-state index in [1.165, 1.54) is 23.0 Å². The third-order valence-corrected chi connectivity index (χ3v) is 8.15. The summed E-state index contributed by atoms with van der Waals surface area (Å²) in [6.07, 6.45) is 1.75. The van der Waals surface area contributed by atoms with Crippen LogP contribution in [0.4, 0.5) is 13.2 Å². The smallest absolute Gasteiger partial charge is 0.416 e. The number of nitrogens with zero attached hydrogens (tertiary/aromatic N) is 4. The van der Waals surface area contributed by atoms with Crippen molar-refractivity contribution in [3.8, 4) is 5.75 Å². The Balaban J connectivity index is 1.40. The number of aromatic hydroxyl groups is 1. The minimum absolute atomic E-state index is 0.0141. The van der Waals surface area contributed by atoms with Crippen LogP contribution in [0.2, 0.25) is 5.02 Å². The molecule has 3 aromatic rings. The summed E-state index contributed by atoms with van der Waals surface area (Å²) in [5.74, 6) is -2.18. The molecule has 5 rings (SSSR count). The molecule has 2 unspecified atom stereocenters. The zero-order valence-corrected chi connectivity index (χ0v) is 22.1. The number of aryl methyl sites for hydroxylation is 2. The van der Waals surface area contributed by atoms with Gasteiger partial charge in [-0.05, 0) is 55.2 Å². The fourth-order valence-electron chi connectivity index (χ4n) is 5.93. The van der Waals surface area contributed by atoms with E-state index in [9.17, 15) is 27.9 Å². The van der Waals surface area contributed by atoms with Gasteiger partial charge in [0.05, 0.1) is 23.0 Å². The molecule has 1 aliphatic heterocycles. The van der Waals surface area contributed by atoms with Gasteiger partial charge < -0.3 is 9.84 Å². The molecular formula is C27H28ClF3N4O4. The van der Waals surface area contributed by atoms with Gasteiger partial charge in [-0.3, -0.25) is 9.59 Å². The number of halogens is 4. The number of alkyl halides is 3. The van der Waals surface area contributed by atoms with Crippen molar-refractivity contribution < 1.29 is 32.6 Å². The predicted molar refractivity (Wildman–Crippen MR) is 134 cm³/mol. The fraction of sp³-hybridized carbons (Fsp3) is 0.519. The van der Waals surface area contributed by atoms with Gasteiger partial charge in [-0.25, -0.2) is 9.50 Å². The topological polar surface area (TPSA) is 107 Å². The van der Waals surface area contributed by atoms with Crippen LogP contribution >= 0.6 is 11.6 Å². The van der Waals surface area contributed by atoms with E-state index in [-0.39, 0.29) is 54.5 Å². The Morgan fingerprint density at radius 3 is 2.62 bits per heavy atom. The van der Waals surface area contributed by atoms with Gasteiger partial charge in [-0.1, -0.05) is 37.4 Å². The van der Waals surface area contributed by atoms with Crippen molar-refractivity contribution >= 4 is 29.1 Å². The summed E-state index contributed by atoms with van der Waals surface area (Å²) in [6.45, 7) is 1.75. The Morgan fingerprint density at radius 2 is 1.95 bits per heavy atom. The van der Waals surface area contributed by atoms with Gasteiger partial charge in [0.2, 0.25) is 0 Å². The van der Waals surface area contributed by atoms with Crippen molar-refractivity contribution in [2.75, 3.05) is 0 Å². The molecule has 2 atom stereocenters. The number of esters is 1. The first-order valence-electron chi connectivity index (χ1n) is 13.0. The summed E-state index contributed by atoms with van der Waals surface area (Å²) < 4.78 is 48.9. The van der Waals surface area contributed by atoms with E-state index >= 15 is 0 Å². The molecule has 0 amide bonds. The second-order valence-electron chi connectivity index (χ2n) is 10.4. The molecule has 0 radical (unpaired) electrons. The summed E-state index contributed by atoms with van der Waals surface area (Å²) >= 11 is 5.94. The molecular weight excluding hydrogens is 537 g/mol. The van der Waals surface area contributed by atoms with Crippen molar-refractivity contribution in [1.29, 1.82) is 0 Å². The van der Waals surface area contributed by atoms with Crippen LogP contribution in [0.25, 0.3) is 5.78 Å². The average molecular weight is 565 g/mol. The lowest BCUT2D eigenvalue weighted by Gasteiger charge is -2.43. The zero-order chi connectivity index (χ0) is 27.9. The quantitative estimate of drug-likeness (QED) is 0.306. The molecule has 1 N–H and O–H groups in total. The second kappa shape index (κ2) is 10.4. The highest BCUT2D eigenvalue weighted by molar-refractivity contribution is 6.30. The van der Waals surface area contributed by atoms with E-state index in [2.05, 4.69) is 15.1 Å². The number of fused-ring (bicyclic) bond motifs is 1. The number of carbonyl (C=O) groups excluding carboxylic acids is 2. The molecule has 1 aromatic carbocycles. The summed E-state index contributed by atoms with van der Waals surface area (Å²) in [6, 6.07) is 2.12. The molecule has 0 spiro atoms. The molecule has 1 aliphatic carbocycles. The summed E-state index contributed by atoms with van der Waals surface area (Å²) in [4.78, 5) is 35.0. The van der Waals surface area contributed by atoms with Crippen LogP contribution in [0.5, 0.6) is 5.75 Å². The molecule has 8 nitrogen and oxygen atoms in total. The molecule has 2 fully saturated rings. The molecule has 208 valence electrons. The number of ketones is 1. The van der Waals surface area contributed by atoms with Gasteiger partial charge in [0, 0.05) is 12.8 Å². The van der Waals surface area contributed by atoms with Crippen molar-refractivity contribution in [1.82, 2.24) is 19.6 Å². The summed E-state index contributed by atoms with van der Waals surface area (Å²) in [5.41, 5.74) is -1.69. The van der Waals surface area contributed by atoms with Crippen molar-refractivity contribution in [2.45, 2.75) is 76.5 Å². The van der Waals surface area contributed by atoms with Crippen LogP contribution in [0.1, 0.15) is 68.0 Å².